The average molecular weight is 368 g/mol. The van der Waals surface area contributed by atoms with Gasteiger partial charge in [0.1, 0.15) is 0 Å². The summed E-state index contributed by atoms with van der Waals surface area (Å²) in [7, 11) is 0. The van der Waals surface area contributed by atoms with Gasteiger partial charge in [-0.2, -0.15) is 0 Å². The number of hydrogen-bond donors (Lipinski definition) is 2. The predicted molar refractivity (Wildman–Crippen MR) is 109 cm³/mol. The molecule has 2 rings (SSSR count). The highest BCUT2D eigenvalue weighted by Gasteiger charge is 2.30. The van der Waals surface area contributed by atoms with Crippen molar-refractivity contribution in [3.8, 4) is 0 Å². The summed E-state index contributed by atoms with van der Waals surface area (Å²) < 4.78 is 11.5. The van der Waals surface area contributed by atoms with E-state index in [2.05, 4.69) is 13.2 Å². The van der Waals surface area contributed by atoms with Crippen LogP contribution in [0.2, 0.25) is 0 Å². The van der Waals surface area contributed by atoms with Gasteiger partial charge in [-0.15, -0.1) is 0 Å². The minimum atomic E-state index is -0.831. The highest BCUT2D eigenvalue weighted by Crippen LogP contribution is 2.19. The molecule has 0 saturated heterocycles. The lowest BCUT2D eigenvalue weighted by Gasteiger charge is -2.29. The van der Waals surface area contributed by atoms with E-state index in [1.807, 2.05) is 48.5 Å². The van der Waals surface area contributed by atoms with Crippen LogP contribution in [0.15, 0.2) is 61.7 Å². The molecule has 0 saturated carbocycles. The summed E-state index contributed by atoms with van der Waals surface area (Å²) in [5, 5.41) is 19.5. The third kappa shape index (κ3) is 6.45. The molecule has 2 N–H and O–H groups in total. The first kappa shape index (κ1) is 21.1. The van der Waals surface area contributed by atoms with Crippen molar-refractivity contribution >= 4 is 12.2 Å². The van der Waals surface area contributed by atoms with Gasteiger partial charge in [-0.05, 0) is 22.3 Å². The quantitative estimate of drug-likeness (QED) is 0.600. The summed E-state index contributed by atoms with van der Waals surface area (Å²) in [6.45, 7) is 8.26. The molecule has 4 nitrogen and oxygen atoms in total. The topological polar surface area (TPSA) is 58.9 Å². The Morgan fingerprint density at radius 3 is 1.37 bits per heavy atom. The number of aliphatic hydroxyl groups is 2. The van der Waals surface area contributed by atoms with Crippen molar-refractivity contribution in [1.29, 1.82) is 0 Å². The lowest BCUT2D eigenvalue weighted by molar-refractivity contribution is -0.0839. The molecule has 0 fully saturated rings. The summed E-state index contributed by atoms with van der Waals surface area (Å²) in [4.78, 5) is 0. The second kappa shape index (κ2) is 10.8. The maximum Gasteiger partial charge on any atom is 0.0717 e. The molecule has 0 aromatic heterocycles. The zero-order valence-corrected chi connectivity index (χ0v) is 15.6. The van der Waals surface area contributed by atoms with Gasteiger partial charge in [0.2, 0.25) is 0 Å². The van der Waals surface area contributed by atoms with E-state index in [-0.39, 0.29) is 26.4 Å². The normalized spacial score (nSPS) is 11.3. The highest BCUT2D eigenvalue weighted by molar-refractivity contribution is 5.47. The molecule has 0 aliphatic carbocycles. The molecule has 0 bridgehead atoms. The van der Waals surface area contributed by atoms with Crippen LogP contribution >= 0.6 is 0 Å². The van der Waals surface area contributed by atoms with Crippen molar-refractivity contribution < 1.29 is 19.7 Å². The fourth-order valence-electron chi connectivity index (χ4n) is 2.54. The summed E-state index contributed by atoms with van der Waals surface area (Å²) >= 11 is 0. The summed E-state index contributed by atoms with van der Waals surface area (Å²) in [5.74, 6) is 0. The predicted octanol–water partition coefficient (Wildman–Crippen LogP) is 3.68. The monoisotopic (exact) mass is 368 g/mol. The number of aliphatic hydroxyl groups excluding tert-OH is 2. The Hall–Kier alpha value is -2.24. The molecule has 144 valence electrons. The van der Waals surface area contributed by atoms with Gasteiger partial charge in [0.05, 0.1) is 45.1 Å². The molecule has 27 heavy (non-hydrogen) atoms. The minimum Gasteiger partial charge on any atom is -0.396 e. The van der Waals surface area contributed by atoms with Crippen LogP contribution in [0.3, 0.4) is 0 Å². The van der Waals surface area contributed by atoms with Crippen molar-refractivity contribution in [2.24, 2.45) is 5.41 Å². The third-order valence-electron chi connectivity index (χ3n) is 4.46. The Kier molecular flexibility index (Phi) is 8.43. The van der Waals surface area contributed by atoms with Crippen LogP contribution in [0.25, 0.3) is 12.2 Å². The Labute approximate surface area is 161 Å². The fraction of sp³-hybridized carbons (Fsp3) is 0.304. The standard InChI is InChI=1S/C23H28O4/c1-3-19-5-9-21(10-6-19)13-26-17-23(15-24,16-25)18-27-14-22-11-7-20(4-2)8-12-22/h3-12,24-25H,1-2,13-18H2. The van der Waals surface area contributed by atoms with Gasteiger partial charge in [-0.3, -0.25) is 0 Å². The lowest BCUT2D eigenvalue weighted by Crippen LogP contribution is -2.39. The third-order valence-corrected chi connectivity index (χ3v) is 4.46. The molecular formula is C23H28O4. The first-order valence-corrected chi connectivity index (χ1v) is 8.95. The fourth-order valence-corrected chi connectivity index (χ4v) is 2.54. The molecule has 4 heteroatoms. The van der Waals surface area contributed by atoms with Crippen LogP contribution in [0, 0.1) is 5.41 Å². The van der Waals surface area contributed by atoms with E-state index in [4.69, 9.17) is 9.47 Å². The van der Waals surface area contributed by atoms with Crippen molar-refractivity contribution in [2.75, 3.05) is 26.4 Å². The maximum absolute atomic E-state index is 9.77. The van der Waals surface area contributed by atoms with E-state index in [1.54, 1.807) is 12.2 Å². The molecule has 0 amide bonds. The Morgan fingerprint density at radius 1 is 0.704 bits per heavy atom. The smallest absolute Gasteiger partial charge is 0.0717 e. The van der Waals surface area contributed by atoms with Gasteiger partial charge < -0.3 is 19.7 Å². The van der Waals surface area contributed by atoms with Crippen LogP contribution < -0.4 is 0 Å². The number of ether oxygens (including phenoxy) is 2. The van der Waals surface area contributed by atoms with Crippen LogP contribution in [-0.2, 0) is 22.7 Å². The number of hydrogen-bond acceptors (Lipinski definition) is 4. The van der Waals surface area contributed by atoms with Crippen LogP contribution in [0.1, 0.15) is 22.3 Å². The zero-order chi connectivity index (χ0) is 19.5. The molecule has 0 atom stereocenters. The van der Waals surface area contributed by atoms with Crippen molar-refractivity contribution in [3.05, 3.63) is 83.9 Å². The Bertz CT molecular complexity index is 641. The van der Waals surface area contributed by atoms with Crippen LogP contribution in [0.4, 0.5) is 0 Å². The summed E-state index contributed by atoms with van der Waals surface area (Å²) in [5.41, 5.74) is 3.31. The Balaban J connectivity index is 1.83. The molecule has 0 spiro atoms. The highest BCUT2D eigenvalue weighted by atomic mass is 16.5. The van der Waals surface area contributed by atoms with Gasteiger partial charge in [-0.25, -0.2) is 0 Å². The Morgan fingerprint density at radius 2 is 1.07 bits per heavy atom. The number of benzene rings is 2. The first-order chi connectivity index (χ1) is 13.1. The van der Waals surface area contributed by atoms with Gasteiger partial charge in [-0.1, -0.05) is 73.8 Å². The molecule has 2 aromatic carbocycles. The average Bonchev–Trinajstić information content (AvgIpc) is 2.73. The molecule has 0 radical (unpaired) electrons. The second-order valence-corrected chi connectivity index (χ2v) is 6.69. The molecule has 0 unspecified atom stereocenters. The van der Waals surface area contributed by atoms with Gasteiger partial charge in [0, 0.05) is 0 Å². The zero-order valence-electron chi connectivity index (χ0n) is 15.6. The minimum absolute atomic E-state index is 0.207. The first-order valence-electron chi connectivity index (χ1n) is 8.95. The molecule has 2 aromatic rings. The van der Waals surface area contributed by atoms with Gasteiger partial charge in [0.25, 0.3) is 0 Å². The van der Waals surface area contributed by atoms with Gasteiger partial charge >= 0.3 is 0 Å². The van der Waals surface area contributed by atoms with E-state index in [9.17, 15) is 10.2 Å². The van der Waals surface area contributed by atoms with Crippen molar-refractivity contribution in [3.63, 3.8) is 0 Å². The maximum atomic E-state index is 9.77. The largest absolute Gasteiger partial charge is 0.396 e. The SMILES string of the molecule is C=Cc1ccc(COCC(CO)(CO)COCc2ccc(C=C)cc2)cc1. The van der Waals surface area contributed by atoms with Crippen molar-refractivity contribution in [1.82, 2.24) is 0 Å². The molecule has 0 aliphatic heterocycles. The van der Waals surface area contributed by atoms with E-state index in [0.29, 0.717) is 13.2 Å². The summed E-state index contributed by atoms with van der Waals surface area (Å²) in [6, 6.07) is 15.8. The molecule has 0 aliphatic rings. The van der Waals surface area contributed by atoms with Crippen LogP contribution in [0.5, 0.6) is 0 Å². The molecular weight excluding hydrogens is 340 g/mol. The summed E-state index contributed by atoms with van der Waals surface area (Å²) in [6.07, 6.45) is 3.57. The van der Waals surface area contributed by atoms with Gasteiger partial charge in [0.15, 0.2) is 0 Å². The number of rotatable bonds is 12. The van der Waals surface area contributed by atoms with Crippen molar-refractivity contribution in [2.45, 2.75) is 13.2 Å². The van der Waals surface area contributed by atoms with E-state index in [1.165, 1.54) is 0 Å². The lowest BCUT2D eigenvalue weighted by atomic mass is 9.92. The van der Waals surface area contributed by atoms with E-state index in [0.717, 1.165) is 22.3 Å². The molecule has 0 heterocycles. The van der Waals surface area contributed by atoms with E-state index < -0.39 is 5.41 Å². The second-order valence-electron chi connectivity index (χ2n) is 6.69. The van der Waals surface area contributed by atoms with Crippen LogP contribution in [-0.4, -0.2) is 36.6 Å². The van der Waals surface area contributed by atoms with E-state index >= 15 is 0 Å².